The number of aryl methyl sites for hydroxylation is 2. The van der Waals surface area contributed by atoms with E-state index < -0.39 is 10.8 Å². The lowest BCUT2D eigenvalue weighted by Crippen LogP contribution is -2.13. The number of H-pyrrole nitrogens is 1. The number of nitrogens with zero attached hydrogens (tertiary/aromatic N) is 2. The molecule has 7 nitrogen and oxygen atoms in total. The minimum atomic E-state index is -0.497. The molecule has 0 radical (unpaired) electrons. The SMILES string of the molecule is CCCc1cc(C(=O)Nc2cc([N+](=O)[O-])ccc2C)n[nH]1. The summed E-state index contributed by atoms with van der Waals surface area (Å²) in [6.45, 7) is 3.81. The molecule has 2 aromatic rings. The van der Waals surface area contributed by atoms with Gasteiger partial charge in [0.05, 0.1) is 10.6 Å². The van der Waals surface area contributed by atoms with Crippen molar-refractivity contribution in [2.45, 2.75) is 26.7 Å². The van der Waals surface area contributed by atoms with Crippen molar-refractivity contribution in [2.75, 3.05) is 5.32 Å². The molecule has 0 saturated heterocycles. The third-order valence-corrected chi connectivity index (χ3v) is 3.06. The van der Waals surface area contributed by atoms with E-state index in [2.05, 4.69) is 15.5 Å². The van der Waals surface area contributed by atoms with Crippen molar-refractivity contribution in [1.82, 2.24) is 10.2 Å². The molecular weight excluding hydrogens is 272 g/mol. The summed E-state index contributed by atoms with van der Waals surface area (Å²) >= 11 is 0. The standard InChI is InChI=1S/C14H16N4O3/c1-3-4-10-7-13(17-16-10)14(19)15-12-8-11(18(20)21)6-5-9(12)2/h5-8H,3-4H2,1-2H3,(H,15,19)(H,16,17). The summed E-state index contributed by atoms with van der Waals surface area (Å²) in [6.07, 6.45) is 1.77. The van der Waals surface area contributed by atoms with Crippen molar-refractivity contribution < 1.29 is 9.72 Å². The maximum Gasteiger partial charge on any atom is 0.276 e. The Balaban J connectivity index is 2.18. The number of nitro benzene ring substituents is 1. The summed E-state index contributed by atoms with van der Waals surface area (Å²) in [5.41, 5.74) is 2.25. The molecule has 0 atom stereocenters. The van der Waals surface area contributed by atoms with Crippen LogP contribution in [0.3, 0.4) is 0 Å². The molecule has 0 unspecified atom stereocenters. The van der Waals surface area contributed by atoms with E-state index in [1.54, 1.807) is 19.1 Å². The molecule has 0 bridgehead atoms. The van der Waals surface area contributed by atoms with Gasteiger partial charge in [-0.2, -0.15) is 5.10 Å². The van der Waals surface area contributed by atoms with E-state index in [0.29, 0.717) is 5.69 Å². The van der Waals surface area contributed by atoms with Crippen molar-refractivity contribution in [3.63, 3.8) is 0 Å². The number of aromatic amines is 1. The molecule has 0 saturated carbocycles. The van der Waals surface area contributed by atoms with E-state index in [1.807, 2.05) is 6.92 Å². The fourth-order valence-electron chi connectivity index (χ4n) is 1.92. The normalized spacial score (nSPS) is 10.4. The molecular formula is C14H16N4O3. The lowest BCUT2D eigenvalue weighted by Gasteiger charge is -2.06. The molecule has 1 heterocycles. The van der Waals surface area contributed by atoms with Crippen molar-refractivity contribution in [3.05, 3.63) is 51.3 Å². The predicted molar refractivity (Wildman–Crippen MR) is 78.4 cm³/mol. The van der Waals surface area contributed by atoms with Gasteiger partial charge in [-0.1, -0.05) is 19.4 Å². The number of carbonyl (C=O) groups is 1. The van der Waals surface area contributed by atoms with Crippen molar-refractivity contribution in [2.24, 2.45) is 0 Å². The molecule has 0 fully saturated rings. The van der Waals surface area contributed by atoms with E-state index >= 15 is 0 Å². The molecule has 1 aromatic carbocycles. The summed E-state index contributed by atoms with van der Waals surface area (Å²) in [7, 11) is 0. The quantitative estimate of drug-likeness (QED) is 0.652. The van der Waals surface area contributed by atoms with E-state index in [9.17, 15) is 14.9 Å². The smallest absolute Gasteiger partial charge is 0.276 e. The molecule has 1 amide bonds. The lowest BCUT2D eigenvalue weighted by molar-refractivity contribution is -0.384. The second-order valence-electron chi connectivity index (χ2n) is 4.74. The first-order valence-corrected chi connectivity index (χ1v) is 6.62. The Morgan fingerprint density at radius 1 is 1.43 bits per heavy atom. The predicted octanol–water partition coefficient (Wildman–Crippen LogP) is 2.83. The minimum Gasteiger partial charge on any atom is -0.320 e. The Hall–Kier alpha value is -2.70. The van der Waals surface area contributed by atoms with Gasteiger partial charge in [-0.25, -0.2) is 0 Å². The van der Waals surface area contributed by atoms with Gasteiger partial charge in [-0.05, 0) is 25.0 Å². The van der Waals surface area contributed by atoms with Crippen LogP contribution < -0.4 is 5.32 Å². The Morgan fingerprint density at radius 3 is 2.86 bits per heavy atom. The Labute approximate surface area is 121 Å². The van der Waals surface area contributed by atoms with Crippen LogP contribution in [0, 0.1) is 17.0 Å². The van der Waals surface area contributed by atoms with Crippen LogP contribution in [0.15, 0.2) is 24.3 Å². The van der Waals surface area contributed by atoms with Crippen molar-refractivity contribution >= 4 is 17.3 Å². The van der Waals surface area contributed by atoms with E-state index in [4.69, 9.17) is 0 Å². The van der Waals surface area contributed by atoms with Crippen LogP contribution in [0.1, 0.15) is 35.1 Å². The largest absolute Gasteiger partial charge is 0.320 e. The molecule has 0 aliphatic heterocycles. The second kappa shape index (κ2) is 6.17. The second-order valence-corrected chi connectivity index (χ2v) is 4.74. The third-order valence-electron chi connectivity index (χ3n) is 3.06. The Morgan fingerprint density at radius 2 is 2.19 bits per heavy atom. The number of aromatic nitrogens is 2. The monoisotopic (exact) mass is 288 g/mol. The van der Waals surface area contributed by atoms with Crippen LogP contribution in [0.5, 0.6) is 0 Å². The van der Waals surface area contributed by atoms with Gasteiger partial charge < -0.3 is 5.32 Å². The zero-order valence-electron chi connectivity index (χ0n) is 11.8. The average molecular weight is 288 g/mol. The number of nitrogens with one attached hydrogen (secondary N) is 2. The van der Waals surface area contributed by atoms with Crippen LogP contribution in [0.25, 0.3) is 0 Å². The summed E-state index contributed by atoms with van der Waals surface area (Å²) < 4.78 is 0. The molecule has 1 aromatic heterocycles. The minimum absolute atomic E-state index is 0.0652. The number of nitro groups is 1. The van der Waals surface area contributed by atoms with E-state index in [-0.39, 0.29) is 11.4 Å². The van der Waals surface area contributed by atoms with Gasteiger partial charge >= 0.3 is 0 Å². The van der Waals surface area contributed by atoms with E-state index in [1.165, 1.54) is 12.1 Å². The van der Waals surface area contributed by atoms with Crippen LogP contribution in [-0.2, 0) is 6.42 Å². The molecule has 0 aliphatic rings. The van der Waals surface area contributed by atoms with Crippen molar-refractivity contribution in [3.8, 4) is 0 Å². The van der Waals surface area contributed by atoms with Crippen molar-refractivity contribution in [1.29, 1.82) is 0 Å². The molecule has 110 valence electrons. The highest BCUT2D eigenvalue weighted by Crippen LogP contribution is 2.22. The first kappa shape index (κ1) is 14.7. The highest BCUT2D eigenvalue weighted by molar-refractivity contribution is 6.03. The number of hydrogen-bond acceptors (Lipinski definition) is 4. The first-order valence-electron chi connectivity index (χ1n) is 6.62. The van der Waals surface area contributed by atoms with Crippen LogP contribution in [0.2, 0.25) is 0 Å². The summed E-state index contributed by atoms with van der Waals surface area (Å²) in [5, 5.41) is 20.2. The van der Waals surface area contributed by atoms with Gasteiger partial charge in [-0.3, -0.25) is 20.0 Å². The fraction of sp³-hybridized carbons (Fsp3) is 0.286. The summed E-state index contributed by atoms with van der Waals surface area (Å²) in [5.74, 6) is -0.391. The molecule has 2 N–H and O–H groups in total. The Bertz CT molecular complexity index is 679. The zero-order valence-corrected chi connectivity index (χ0v) is 11.8. The molecule has 21 heavy (non-hydrogen) atoms. The molecule has 7 heteroatoms. The third kappa shape index (κ3) is 3.44. The van der Waals surface area contributed by atoms with Gasteiger partial charge in [0.1, 0.15) is 0 Å². The van der Waals surface area contributed by atoms with Crippen LogP contribution in [0.4, 0.5) is 11.4 Å². The highest BCUT2D eigenvalue weighted by atomic mass is 16.6. The van der Waals surface area contributed by atoms with Gasteiger partial charge in [0, 0.05) is 17.8 Å². The maximum atomic E-state index is 12.1. The Kier molecular flexibility index (Phi) is 4.32. The van der Waals surface area contributed by atoms with Gasteiger partial charge in [0.15, 0.2) is 5.69 Å². The first-order chi connectivity index (χ1) is 10.0. The lowest BCUT2D eigenvalue weighted by atomic mass is 10.1. The summed E-state index contributed by atoms with van der Waals surface area (Å²) in [6, 6.07) is 6.03. The molecule has 0 aliphatic carbocycles. The van der Waals surface area contributed by atoms with Gasteiger partial charge in [0.2, 0.25) is 0 Å². The maximum absolute atomic E-state index is 12.1. The number of anilines is 1. The number of hydrogen-bond donors (Lipinski definition) is 2. The zero-order chi connectivity index (χ0) is 15.4. The van der Waals surface area contributed by atoms with Gasteiger partial charge in [-0.15, -0.1) is 0 Å². The fourth-order valence-corrected chi connectivity index (χ4v) is 1.92. The number of non-ortho nitro benzene ring substituents is 1. The average Bonchev–Trinajstić information content (AvgIpc) is 2.90. The van der Waals surface area contributed by atoms with E-state index in [0.717, 1.165) is 24.1 Å². The number of amides is 1. The summed E-state index contributed by atoms with van der Waals surface area (Å²) in [4.78, 5) is 22.4. The number of carbonyl (C=O) groups excluding carboxylic acids is 1. The molecule has 2 rings (SSSR count). The molecule has 0 spiro atoms. The number of rotatable bonds is 5. The number of benzene rings is 1. The van der Waals surface area contributed by atoms with Crippen LogP contribution >= 0.6 is 0 Å². The topological polar surface area (TPSA) is 101 Å². The van der Waals surface area contributed by atoms with Gasteiger partial charge in [0.25, 0.3) is 11.6 Å². The highest BCUT2D eigenvalue weighted by Gasteiger charge is 2.14. The van der Waals surface area contributed by atoms with Crippen LogP contribution in [-0.4, -0.2) is 21.0 Å².